The second kappa shape index (κ2) is 6.55. The molecule has 1 aliphatic rings. The van der Waals surface area contributed by atoms with Crippen molar-refractivity contribution in [3.05, 3.63) is 0 Å². The van der Waals surface area contributed by atoms with Gasteiger partial charge in [0.15, 0.2) is 0 Å². The van der Waals surface area contributed by atoms with Crippen molar-refractivity contribution in [1.29, 1.82) is 0 Å². The highest BCUT2D eigenvalue weighted by Gasteiger charge is 2.28. The Morgan fingerprint density at radius 1 is 1.00 bits per heavy atom. The predicted octanol–water partition coefficient (Wildman–Crippen LogP) is 5.28. The maximum absolute atomic E-state index is 2.47. The molecule has 0 aliphatic heterocycles. The molecule has 4 unspecified atom stereocenters. The minimum absolute atomic E-state index is 0.924. The lowest BCUT2D eigenvalue weighted by atomic mass is 9.80. The van der Waals surface area contributed by atoms with Crippen LogP contribution < -0.4 is 0 Å². The molecule has 1 aliphatic carbocycles. The van der Waals surface area contributed by atoms with Crippen LogP contribution in [0.1, 0.15) is 72.6 Å². The lowest BCUT2D eigenvalue weighted by Crippen LogP contribution is -2.16. The summed E-state index contributed by atoms with van der Waals surface area (Å²) in [6.45, 7) is 9.57. The normalized spacial score (nSPS) is 30.4. The number of rotatable bonds is 6. The quantitative estimate of drug-likeness (QED) is 0.560. The van der Waals surface area contributed by atoms with E-state index >= 15 is 0 Å². The third-order valence-corrected chi connectivity index (χ3v) is 4.77. The van der Waals surface area contributed by atoms with E-state index in [2.05, 4.69) is 27.7 Å². The molecule has 0 amide bonds. The molecule has 0 heterocycles. The highest BCUT2D eigenvalue weighted by Crippen LogP contribution is 2.40. The van der Waals surface area contributed by atoms with E-state index in [1.165, 1.54) is 44.9 Å². The topological polar surface area (TPSA) is 0 Å². The van der Waals surface area contributed by atoms with Gasteiger partial charge in [-0.1, -0.05) is 66.2 Å². The van der Waals surface area contributed by atoms with Crippen LogP contribution in [0.4, 0.5) is 0 Å². The van der Waals surface area contributed by atoms with Gasteiger partial charge in [0.05, 0.1) is 0 Å². The zero-order valence-corrected chi connectivity index (χ0v) is 11.3. The Bertz CT molecular complexity index is 161. The lowest BCUT2D eigenvalue weighted by Gasteiger charge is -2.26. The average molecular weight is 210 g/mol. The zero-order chi connectivity index (χ0) is 11.3. The monoisotopic (exact) mass is 210 g/mol. The Balaban J connectivity index is 2.35. The molecule has 0 aromatic heterocycles. The van der Waals surface area contributed by atoms with Crippen LogP contribution in [0.3, 0.4) is 0 Å². The molecule has 1 saturated carbocycles. The summed E-state index contributed by atoms with van der Waals surface area (Å²) in [5.74, 6) is 4.00. The largest absolute Gasteiger partial charge is 0.0654 e. The first-order valence-electron chi connectivity index (χ1n) is 7.19. The third kappa shape index (κ3) is 3.81. The van der Waals surface area contributed by atoms with Gasteiger partial charge in [-0.25, -0.2) is 0 Å². The smallest absolute Gasteiger partial charge is 0.0383 e. The van der Waals surface area contributed by atoms with Gasteiger partial charge in [-0.15, -0.1) is 0 Å². The van der Waals surface area contributed by atoms with E-state index in [9.17, 15) is 0 Å². The fourth-order valence-corrected chi connectivity index (χ4v) is 3.29. The van der Waals surface area contributed by atoms with Crippen molar-refractivity contribution >= 4 is 0 Å². The molecular formula is C15H30. The van der Waals surface area contributed by atoms with Gasteiger partial charge in [-0.3, -0.25) is 0 Å². The van der Waals surface area contributed by atoms with E-state index in [4.69, 9.17) is 0 Å². The van der Waals surface area contributed by atoms with Gasteiger partial charge in [0.25, 0.3) is 0 Å². The Labute approximate surface area is 96.8 Å². The predicted molar refractivity (Wildman–Crippen MR) is 69.0 cm³/mol. The first-order chi connectivity index (χ1) is 7.19. The van der Waals surface area contributed by atoms with E-state index in [1.54, 1.807) is 0 Å². The molecular weight excluding hydrogens is 180 g/mol. The fraction of sp³-hybridized carbons (Fsp3) is 1.00. The van der Waals surface area contributed by atoms with Crippen LogP contribution >= 0.6 is 0 Å². The van der Waals surface area contributed by atoms with Gasteiger partial charge in [0, 0.05) is 0 Å². The van der Waals surface area contributed by atoms with Crippen molar-refractivity contribution in [2.45, 2.75) is 72.6 Å². The maximum atomic E-state index is 2.47. The van der Waals surface area contributed by atoms with Gasteiger partial charge in [0.1, 0.15) is 0 Å². The summed E-state index contributed by atoms with van der Waals surface area (Å²) in [4.78, 5) is 0. The molecule has 90 valence electrons. The molecule has 0 nitrogen and oxygen atoms in total. The molecule has 1 fully saturated rings. The molecule has 0 bridgehead atoms. The van der Waals surface area contributed by atoms with E-state index in [-0.39, 0.29) is 0 Å². The van der Waals surface area contributed by atoms with Crippen molar-refractivity contribution in [3.63, 3.8) is 0 Å². The second-order valence-electron chi connectivity index (χ2n) is 5.84. The first-order valence-corrected chi connectivity index (χ1v) is 7.19. The maximum Gasteiger partial charge on any atom is -0.0383 e. The van der Waals surface area contributed by atoms with E-state index in [0.717, 1.165) is 23.7 Å². The summed E-state index contributed by atoms with van der Waals surface area (Å²) in [6, 6.07) is 0. The van der Waals surface area contributed by atoms with Crippen LogP contribution in [0.15, 0.2) is 0 Å². The summed E-state index contributed by atoms with van der Waals surface area (Å²) < 4.78 is 0. The fourth-order valence-electron chi connectivity index (χ4n) is 3.29. The SMILES string of the molecule is CCCC1CCCC1CC(C)C(C)CC. The van der Waals surface area contributed by atoms with Gasteiger partial charge >= 0.3 is 0 Å². The Hall–Kier alpha value is 0. The Morgan fingerprint density at radius 3 is 2.27 bits per heavy atom. The number of hydrogen-bond acceptors (Lipinski definition) is 0. The second-order valence-corrected chi connectivity index (χ2v) is 5.84. The summed E-state index contributed by atoms with van der Waals surface area (Å²) in [5.41, 5.74) is 0. The molecule has 0 aromatic carbocycles. The number of hydrogen-bond donors (Lipinski definition) is 0. The third-order valence-electron chi connectivity index (χ3n) is 4.77. The molecule has 4 atom stereocenters. The van der Waals surface area contributed by atoms with Gasteiger partial charge in [-0.2, -0.15) is 0 Å². The Kier molecular flexibility index (Phi) is 5.71. The van der Waals surface area contributed by atoms with Crippen LogP contribution in [0.5, 0.6) is 0 Å². The van der Waals surface area contributed by atoms with Crippen molar-refractivity contribution in [1.82, 2.24) is 0 Å². The lowest BCUT2D eigenvalue weighted by molar-refractivity contribution is 0.249. The summed E-state index contributed by atoms with van der Waals surface area (Å²) in [7, 11) is 0. The van der Waals surface area contributed by atoms with E-state index in [0.29, 0.717) is 0 Å². The summed E-state index contributed by atoms with van der Waals surface area (Å²) in [6.07, 6.45) is 10.3. The van der Waals surface area contributed by atoms with Crippen molar-refractivity contribution in [2.24, 2.45) is 23.7 Å². The van der Waals surface area contributed by atoms with Crippen LogP contribution in [-0.2, 0) is 0 Å². The van der Waals surface area contributed by atoms with Crippen LogP contribution in [0, 0.1) is 23.7 Å². The van der Waals surface area contributed by atoms with Crippen molar-refractivity contribution in [3.8, 4) is 0 Å². The van der Waals surface area contributed by atoms with Gasteiger partial charge in [0.2, 0.25) is 0 Å². The highest BCUT2D eigenvalue weighted by atomic mass is 14.3. The average Bonchev–Trinajstić information content (AvgIpc) is 2.65. The summed E-state index contributed by atoms with van der Waals surface area (Å²) in [5, 5.41) is 0. The zero-order valence-electron chi connectivity index (χ0n) is 11.3. The first kappa shape index (κ1) is 13.1. The molecule has 1 rings (SSSR count). The molecule has 0 spiro atoms. The minimum atomic E-state index is 0.924. The molecule has 15 heavy (non-hydrogen) atoms. The van der Waals surface area contributed by atoms with Gasteiger partial charge < -0.3 is 0 Å². The molecule has 0 aromatic rings. The van der Waals surface area contributed by atoms with E-state index < -0.39 is 0 Å². The molecule has 0 heteroatoms. The van der Waals surface area contributed by atoms with Crippen molar-refractivity contribution in [2.75, 3.05) is 0 Å². The molecule has 0 N–H and O–H groups in total. The summed E-state index contributed by atoms with van der Waals surface area (Å²) >= 11 is 0. The van der Waals surface area contributed by atoms with Crippen molar-refractivity contribution < 1.29 is 0 Å². The van der Waals surface area contributed by atoms with E-state index in [1.807, 2.05) is 0 Å². The van der Waals surface area contributed by atoms with Crippen LogP contribution in [-0.4, -0.2) is 0 Å². The highest BCUT2D eigenvalue weighted by molar-refractivity contribution is 4.79. The van der Waals surface area contributed by atoms with Crippen LogP contribution in [0.25, 0.3) is 0 Å². The van der Waals surface area contributed by atoms with Crippen LogP contribution in [0.2, 0.25) is 0 Å². The molecule has 0 saturated heterocycles. The van der Waals surface area contributed by atoms with Gasteiger partial charge in [-0.05, 0) is 30.1 Å². The standard InChI is InChI=1S/C15H30/c1-5-8-14-9-7-10-15(14)11-13(4)12(3)6-2/h12-15H,5-11H2,1-4H3. The minimum Gasteiger partial charge on any atom is -0.0654 e. The Morgan fingerprint density at radius 2 is 1.67 bits per heavy atom. The molecule has 0 radical (unpaired) electrons.